The summed E-state index contributed by atoms with van der Waals surface area (Å²) in [7, 11) is -3.35. The molecule has 0 aromatic heterocycles. The monoisotopic (exact) mass is 369 g/mol. The normalized spacial score (nSPS) is 16.1. The Morgan fingerprint density at radius 3 is 2.64 bits per heavy atom. The molecule has 0 radical (unpaired) electrons. The number of benzene rings is 1. The molecule has 0 unspecified atom stereocenters. The average molecular weight is 369 g/mol. The lowest BCUT2D eigenvalue weighted by Crippen LogP contribution is -2.43. The van der Waals surface area contributed by atoms with Crippen LogP contribution in [0, 0.1) is 6.92 Å². The third-order valence-electron chi connectivity index (χ3n) is 4.13. The maximum absolute atomic E-state index is 12.1. The maximum Gasteiger partial charge on any atom is 0.225 e. The van der Waals surface area contributed by atoms with Crippen LogP contribution in [-0.4, -0.2) is 75.7 Å². The first kappa shape index (κ1) is 19.8. The number of anilines is 1. The molecule has 0 bridgehead atoms. The summed E-state index contributed by atoms with van der Waals surface area (Å²) in [5, 5.41) is 2.81. The molecule has 8 heteroatoms. The number of nitrogens with zero attached hydrogens (tertiary/aromatic N) is 2. The van der Waals surface area contributed by atoms with Crippen molar-refractivity contribution in [1.82, 2.24) is 9.21 Å². The van der Waals surface area contributed by atoms with Crippen molar-refractivity contribution in [2.24, 2.45) is 0 Å². The van der Waals surface area contributed by atoms with E-state index in [-0.39, 0.29) is 18.9 Å². The predicted octanol–water partition coefficient (Wildman–Crippen LogP) is 0.917. The minimum Gasteiger partial charge on any atom is -0.379 e. The van der Waals surface area contributed by atoms with E-state index in [0.717, 1.165) is 24.3 Å². The van der Waals surface area contributed by atoms with E-state index < -0.39 is 10.0 Å². The lowest BCUT2D eigenvalue weighted by Gasteiger charge is -2.29. The van der Waals surface area contributed by atoms with Gasteiger partial charge in [0, 0.05) is 44.8 Å². The van der Waals surface area contributed by atoms with E-state index in [0.29, 0.717) is 26.3 Å². The standard InChI is InChI=1S/C17H27N3O4S/c1-15-4-3-5-16(14-15)18-17(21)6-7-20(25(2,22)23)9-8-19-10-12-24-13-11-19/h3-5,14H,6-13H2,1-2H3,(H,18,21). The van der Waals surface area contributed by atoms with Gasteiger partial charge in [-0.3, -0.25) is 9.69 Å². The van der Waals surface area contributed by atoms with Crippen LogP contribution in [0.15, 0.2) is 24.3 Å². The first-order chi connectivity index (χ1) is 11.8. The summed E-state index contributed by atoms with van der Waals surface area (Å²) in [5.41, 5.74) is 1.78. The van der Waals surface area contributed by atoms with Gasteiger partial charge in [-0.15, -0.1) is 0 Å². The SMILES string of the molecule is Cc1cccc(NC(=O)CCN(CCN2CCOCC2)S(C)(=O)=O)c1. The number of morpholine rings is 1. The van der Waals surface area contributed by atoms with E-state index in [2.05, 4.69) is 10.2 Å². The van der Waals surface area contributed by atoms with Crippen molar-refractivity contribution in [1.29, 1.82) is 0 Å². The Balaban J connectivity index is 1.83. The Hall–Kier alpha value is -1.48. The molecule has 2 rings (SSSR count). The summed E-state index contributed by atoms with van der Waals surface area (Å²) in [6.45, 7) is 6.15. The molecule has 0 spiro atoms. The predicted molar refractivity (Wildman–Crippen MR) is 98.1 cm³/mol. The largest absolute Gasteiger partial charge is 0.379 e. The first-order valence-electron chi connectivity index (χ1n) is 8.46. The fraction of sp³-hybridized carbons (Fsp3) is 0.588. The van der Waals surface area contributed by atoms with Gasteiger partial charge in [-0.25, -0.2) is 12.7 Å². The third-order valence-corrected chi connectivity index (χ3v) is 5.43. The van der Waals surface area contributed by atoms with Crippen LogP contribution >= 0.6 is 0 Å². The van der Waals surface area contributed by atoms with Gasteiger partial charge in [0.05, 0.1) is 19.5 Å². The van der Waals surface area contributed by atoms with Crippen LogP contribution in [-0.2, 0) is 19.6 Å². The third kappa shape index (κ3) is 7.11. The zero-order valence-electron chi connectivity index (χ0n) is 14.9. The van der Waals surface area contributed by atoms with Crippen LogP contribution in [0.2, 0.25) is 0 Å². The molecule has 1 fully saturated rings. The Kier molecular flexibility index (Phi) is 7.37. The summed E-state index contributed by atoms with van der Waals surface area (Å²) in [6.07, 6.45) is 1.31. The highest BCUT2D eigenvalue weighted by atomic mass is 32.2. The Morgan fingerprint density at radius 2 is 2.00 bits per heavy atom. The van der Waals surface area contributed by atoms with Gasteiger partial charge >= 0.3 is 0 Å². The summed E-state index contributed by atoms with van der Waals surface area (Å²) in [6, 6.07) is 7.52. The molecule has 1 heterocycles. The number of hydrogen-bond donors (Lipinski definition) is 1. The van der Waals surface area contributed by atoms with Crippen LogP contribution in [0.1, 0.15) is 12.0 Å². The van der Waals surface area contributed by atoms with Crippen molar-refractivity contribution >= 4 is 21.6 Å². The zero-order valence-corrected chi connectivity index (χ0v) is 15.7. The highest BCUT2D eigenvalue weighted by molar-refractivity contribution is 7.88. The molecule has 7 nitrogen and oxygen atoms in total. The maximum atomic E-state index is 12.1. The minimum atomic E-state index is -3.35. The van der Waals surface area contributed by atoms with Gasteiger partial charge < -0.3 is 10.1 Å². The number of amides is 1. The van der Waals surface area contributed by atoms with Crippen LogP contribution < -0.4 is 5.32 Å². The van der Waals surface area contributed by atoms with E-state index in [1.165, 1.54) is 10.6 Å². The van der Waals surface area contributed by atoms with E-state index in [9.17, 15) is 13.2 Å². The minimum absolute atomic E-state index is 0.129. The second kappa shape index (κ2) is 9.28. The first-order valence-corrected chi connectivity index (χ1v) is 10.3. The smallest absolute Gasteiger partial charge is 0.225 e. The van der Waals surface area contributed by atoms with E-state index in [4.69, 9.17) is 4.74 Å². The van der Waals surface area contributed by atoms with Crippen LogP contribution in [0.5, 0.6) is 0 Å². The number of carbonyl (C=O) groups is 1. The van der Waals surface area contributed by atoms with Crippen molar-refractivity contribution in [3.05, 3.63) is 29.8 Å². The van der Waals surface area contributed by atoms with Gasteiger partial charge in [-0.1, -0.05) is 12.1 Å². The van der Waals surface area contributed by atoms with Gasteiger partial charge in [-0.2, -0.15) is 0 Å². The molecule has 1 aliphatic heterocycles. The molecule has 1 aromatic carbocycles. The second-order valence-corrected chi connectivity index (χ2v) is 8.27. The molecular formula is C17H27N3O4S. The zero-order chi connectivity index (χ0) is 18.3. The molecule has 0 atom stereocenters. The average Bonchev–Trinajstić information content (AvgIpc) is 2.54. The number of hydrogen-bond acceptors (Lipinski definition) is 5. The van der Waals surface area contributed by atoms with Gasteiger partial charge in [0.15, 0.2) is 0 Å². The van der Waals surface area contributed by atoms with E-state index in [1.54, 1.807) is 0 Å². The molecule has 1 saturated heterocycles. The fourth-order valence-electron chi connectivity index (χ4n) is 2.69. The topological polar surface area (TPSA) is 79.0 Å². The summed E-state index contributed by atoms with van der Waals surface area (Å²) in [5.74, 6) is -0.189. The molecule has 140 valence electrons. The van der Waals surface area contributed by atoms with Crippen molar-refractivity contribution in [2.75, 3.05) is 57.5 Å². The highest BCUT2D eigenvalue weighted by Gasteiger charge is 2.20. The van der Waals surface area contributed by atoms with Gasteiger partial charge in [0.1, 0.15) is 0 Å². The summed E-state index contributed by atoms with van der Waals surface area (Å²) >= 11 is 0. The van der Waals surface area contributed by atoms with Crippen molar-refractivity contribution in [3.63, 3.8) is 0 Å². The number of nitrogens with one attached hydrogen (secondary N) is 1. The number of rotatable bonds is 8. The number of aryl methyl sites for hydroxylation is 1. The van der Waals surface area contributed by atoms with Gasteiger partial charge in [0.2, 0.25) is 15.9 Å². The van der Waals surface area contributed by atoms with E-state index in [1.807, 2.05) is 31.2 Å². The Morgan fingerprint density at radius 1 is 1.28 bits per heavy atom. The van der Waals surface area contributed by atoms with Crippen LogP contribution in [0.4, 0.5) is 5.69 Å². The second-order valence-electron chi connectivity index (χ2n) is 6.28. The van der Waals surface area contributed by atoms with Crippen molar-refractivity contribution in [2.45, 2.75) is 13.3 Å². The molecule has 25 heavy (non-hydrogen) atoms. The van der Waals surface area contributed by atoms with E-state index >= 15 is 0 Å². The summed E-state index contributed by atoms with van der Waals surface area (Å²) < 4.78 is 30.6. The summed E-state index contributed by atoms with van der Waals surface area (Å²) in [4.78, 5) is 14.3. The van der Waals surface area contributed by atoms with Crippen molar-refractivity contribution in [3.8, 4) is 0 Å². The molecule has 1 aliphatic rings. The quantitative estimate of drug-likeness (QED) is 0.737. The molecule has 1 aromatic rings. The van der Waals surface area contributed by atoms with Crippen LogP contribution in [0.3, 0.4) is 0 Å². The number of ether oxygens (including phenoxy) is 1. The molecular weight excluding hydrogens is 342 g/mol. The van der Waals surface area contributed by atoms with Crippen LogP contribution in [0.25, 0.3) is 0 Å². The van der Waals surface area contributed by atoms with Gasteiger partial charge in [0.25, 0.3) is 0 Å². The number of carbonyl (C=O) groups excluding carboxylic acids is 1. The Bertz CT molecular complexity index is 672. The molecule has 0 aliphatic carbocycles. The fourth-order valence-corrected chi connectivity index (χ4v) is 3.53. The lowest BCUT2D eigenvalue weighted by atomic mass is 10.2. The highest BCUT2D eigenvalue weighted by Crippen LogP contribution is 2.10. The number of sulfonamides is 1. The van der Waals surface area contributed by atoms with Gasteiger partial charge in [-0.05, 0) is 24.6 Å². The molecule has 1 amide bonds. The molecule has 0 saturated carbocycles. The lowest BCUT2D eigenvalue weighted by molar-refractivity contribution is -0.116. The Labute approximate surface area is 150 Å². The van der Waals surface area contributed by atoms with Crippen molar-refractivity contribution < 1.29 is 17.9 Å². The molecule has 1 N–H and O–H groups in total.